The lowest BCUT2D eigenvalue weighted by Gasteiger charge is -2.17. The Morgan fingerprint density at radius 3 is 2.48 bits per heavy atom. The molecule has 2 heterocycles. The third-order valence-corrected chi connectivity index (χ3v) is 4.33. The minimum Gasteiger partial charge on any atom is -0.311 e. The van der Waals surface area contributed by atoms with Crippen LogP contribution >= 0.6 is 0 Å². The second-order valence-corrected chi connectivity index (χ2v) is 6.21. The monoisotopic (exact) mass is 380 g/mol. The zero-order valence-electron chi connectivity index (χ0n) is 14.7. The quantitative estimate of drug-likeness (QED) is 0.698. The predicted molar refractivity (Wildman–Crippen MR) is 90.8 cm³/mol. The van der Waals surface area contributed by atoms with Crippen molar-refractivity contribution in [3.8, 4) is 11.3 Å². The van der Waals surface area contributed by atoms with Gasteiger partial charge in [-0.3, -0.25) is 9.48 Å². The first-order chi connectivity index (χ1) is 12.6. The predicted octanol–water partition coefficient (Wildman–Crippen LogP) is 4.02. The van der Waals surface area contributed by atoms with E-state index in [1.807, 2.05) is 0 Å². The molecule has 0 amide bonds. The first kappa shape index (κ1) is 18.8. The molecule has 0 aliphatic carbocycles. The number of aryl methyl sites for hydroxylation is 1. The second-order valence-electron chi connectivity index (χ2n) is 6.21. The molecule has 0 aliphatic heterocycles. The van der Waals surface area contributed by atoms with Gasteiger partial charge in [0.2, 0.25) is 0 Å². The molecule has 5 nitrogen and oxygen atoms in total. The van der Waals surface area contributed by atoms with Crippen molar-refractivity contribution in [1.29, 1.82) is 0 Å². The summed E-state index contributed by atoms with van der Waals surface area (Å²) in [6.45, 7) is 5.00. The van der Waals surface area contributed by atoms with Crippen molar-refractivity contribution < 1.29 is 17.6 Å². The van der Waals surface area contributed by atoms with E-state index < -0.39 is 23.6 Å². The van der Waals surface area contributed by atoms with Crippen LogP contribution in [0.25, 0.3) is 11.3 Å². The minimum absolute atomic E-state index is 0.0794. The molecule has 0 spiro atoms. The number of alkyl halides is 3. The van der Waals surface area contributed by atoms with E-state index in [0.717, 1.165) is 12.1 Å². The summed E-state index contributed by atoms with van der Waals surface area (Å²) in [6.07, 6.45) is -3.11. The van der Waals surface area contributed by atoms with E-state index in [1.165, 1.54) is 16.9 Å². The summed E-state index contributed by atoms with van der Waals surface area (Å²) in [5.74, 6) is -0.523. The molecule has 0 saturated carbocycles. The van der Waals surface area contributed by atoms with Gasteiger partial charge in [0.05, 0.1) is 23.5 Å². The molecule has 3 aromatic rings. The Labute approximate surface area is 151 Å². The summed E-state index contributed by atoms with van der Waals surface area (Å²) in [4.78, 5) is 18.5. The highest BCUT2D eigenvalue weighted by Gasteiger charge is 2.31. The van der Waals surface area contributed by atoms with Crippen LogP contribution in [-0.2, 0) is 6.18 Å². The third kappa shape index (κ3) is 3.62. The topological polar surface area (TPSA) is 63.6 Å². The van der Waals surface area contributed by atoms with E-state index in [2.05, 4.69) is 15.1 Å². The Kier molecular flexibility index (Phi) is 4.63. The molecule has 142 valence electrons. The maximum absolute atomic E-state index is 14.3. The number of hydrogen-bond donors (Lipinski definition) is 1. The van der Waals surface area contributed by atoms with Gasteiger partial charge in [0.1, 0.15) is 11.6 Å². The van der Waals surface area contributed by atoms with E-state index in [4.69, 9.17) is 0 Å². The van der Waals surface area contributed by atoms with Crippen molar-refractivity contribution in [3.05, 3.63) is 69.3 Å². The Morgan fingerprint density at radius 2 is 1.89 bits per heavy atom. The molecule has 0 saturated heterocycles. The SMILES string of the molecule is Cc1nc(-c2cnn([C@@H](C)c3ccc(C(F)(F)F)cc3F)c2C)cc(=O)[nH]1. The summed E-state index contributed by atoms with van der Waals surface area (Å²) in [6, 6.07) is 3.11. The largest absolute Gasteiger partial charge is 0.416 e. The molecule has 2 aromatic heterocycles. The van der Waals surface area contributed by atoms with Gasteiger partial charge in [-0.15, -0.1) is 0 Å². The van der Waals surface area contributed by atoms with E-state index in [1.54, 1.807) is 20.8 Å². The lowest BCUT2D eigenvalue weighted by molar-refractivity contribution is -0.137. The normalized spacial score (nSPS) is 13.0. The Hall–Kier alpha value is -2.97. The highest BCUT2D eigenvalue weighted by molar-refractivity contribution is 5.60. The van der Waals surface area contributed by atoms with Crippen molar-refractivity contribution >= 4 is 0 Å². The number of hydrogen-bond acceptors (Lipinski definition) is 3. The van der Waals surface area contributed by atoms with Crippen molar-refractivity contribution in [1.82, 2.24) is 19.7 Å². The fourth-order valence-corrected chi connectivity index (χ4v) is 2.96. The molecular formula is C18H16F4N4O. The van der Waals surface area contributed by atoms with E-state index >= 15 is 0 Å². The van der Waals surface area contributed by atoms with Crippen LogP contribution in [0.5, 0.6) is 0 Å². The number of aromatic nitrogens is 4. The smallest absolute Gasteiger partial charge is 0.311 e. The Morgan fingerprint density at radius 1 is 1.19 bits per heavy atom. The van der Waals surface area contributed by atoms with Gasteiger partial charge in [-0.25, -0.2) is 9.37 Å². The molecule has 1 aromatic carbocycles. The number of benzene rings is 1. The van der Waals surface area contributed by atoms with Crippen molar-refractivity contribution in [2.75, 3.05) is 0 Å². The second kappa shape index (κ2) is 6.64. The van der Waals surface area contributed by atoms with Gasteiger partial charge in [-0.05, 0) is 32.9 Å². The molecule has 1 atom stereocenters. The molecule has 3 rings (SSSR count). The highest BCUT2D eigenvalue weighted by Crippen LogP contribution is 2.33. The molecule has 9 heteroatoms. The first-order valence-corrected chi connectivity index (χ1v) is 8.07. The number of nitrogens with one attached hydrogen (secondary N) is 1. The first-order valence-electron chi connectivity index (χ1n) is 8.07. The summed E-state index contributed by atoms with van der Waals surface area (Å²) < 4.78 is 53.9. The molecule has 0 bridgehead atoms. The van der Waals surface area contributed by atoms with Gasteiger partial charge >= 0.3 is 6.18 Å². The number of rotatable bonds is 3. The fraction of sp³-hybridized carbons (Fsp3) is 0.278. The number of aromatic amines is 1. The molecule has 27 heavy (non-hydrogen) atoms. The summed E-state index contributed by atoms with van der Waals surface area (Å²) in [5, 5.41) is 4.22. The maximum atomic E-state index is 14.3. The van der Waals surface area contributed by atoms with Crippen molar-refractivity contribution in [3.63, 3.8) is 0 Å². The Balaban J connectivity index is 2.01. The maximum Gasteiger partial charge on any atom is 0.416 e. The zero-order chi connectivity index (χ0) is 19.9. The van der Waals surface area contributed by atoms with Crippen LogP contribution in [0.15, 0.2) is 35.3 Å². The van der Waals surface area contributed by atoms with Gasteiger partial charge < -0.3 is 4.98 Å². The van der Waals surface area contributed by atoms with Crippen molar-refractivity contribution in [2.45, 2.75) is 33.0 Å². The standard InChI is InChI=1S/C18H16F4N4O/c1-9(13-5-4-12(6-15(13)19)18(20,21)22)26-10(2)14(8-23-26)16-7-17(27)25-11(3)24-16/h4-9H,1-3H3,(H,24,25,27)/t9-/m0/s1. The lowest BCUT2D eigenvalue weighted by Crippen LogP contribution is -2.14. The average molecular weight is 380 g/mol. The van der Waals surface area contributed by atoms with Crippen LogP contribution in [0.2, 0.25) is 0 Å². The van der Waals surface area contributed by atoms with E-state index in [0.29, 0.717) is 28.8 Å². The van der Waals surface area contributed by atoms with Crippen LogP contribution in [-0.4, -0.2) is 19.7 Å². The highest BCUT2D eigenvalue weighted by atomic mass is 19.4. The number of nitrogens with zero attached hydrogens (tertiary/aromatic N) is 3. The van der Waals surface area contributed by atoms with Gasteiger partial charge in [0.25, 0.3) is 5.56 Å². The molecule has 0 radical (unpaired) electrons. The summed E-state index contributed by atoms with van der Waals surface area (Å²) >= 11 is 0. The van der Waals surface area contributed by atoms with Crippen LogP contribution in [0.4, 0.5) is 17.6 Å². The molecule has 0 unspecified atom stereocenters. The molecular weight excluding hydrogens is 364 g/mol. The third-order valence-electron chi connectivity index (χ3n) is 4.33. The average Bonchev–Trinajstić information content (AvgIpc) is 2.94. The van der Waals surface area contributed by atoms with Crippen LogP contribution < -0.4 is 5.56 Å². The van der Waals surface area contributed by atoms with Gasteiger partial charge in [0, 0.05) is 22.9 Å². The van der Waals surface area contributed by atoms with Gasteiger partial charge in [-0.1, -0.05) is 6.07 Å². The number of halogens is 4. The van der Waals surface area contributed by atoms with Crippen molar-refractivity contribution in [2.24, 2.45) is 0 Å². The lowest BCUT2D eigenvalue weighted by atomic mass is 10.0. The molecule has 0 fully saturated rings. The van der Waals surface area contributed by atoms with Crippen LogP contribution in [0.1, 0.15) is 35.6 Å². The number of H-pyrrole nitrogens is 1. The van der Waals surface area contributed by atoms with Gasteiger partial charge in [0.15, 0.2) is 0 Å². The van der Waals surface area contributed by atoms with Gasteiger partial charge in [-0.2, -0.15) is 18.3 Å². The summed E-state index contributed by atoms with van der Waals surface area (Å²) in [5.41, 5.74) is 0.335. The van der Waals surface area contributed by atoms with Crippen LogP contribution in [0, 0.1) is 19.7 Å². The zero-order valence-corrected chi connectivity index (χ0v) is 14.7. The summed E-state index contributed by atoms with van der Waals surface area (Å²) in [7, 11) is 0. The Bertz CT molecular complexity index is 1050. The fourth-order valence-electron chi connectivity index (χ4n) is 2.96. The van der Waals surface area contributed by atoms with E-state index in [9.17, 15) is 22.4 Å². The van der Waals surface area contributed by atoms with Crippen LogP contribution in [0.3, 0.4) is 0 Å². The minimum atomic E-state index is -4.61. The molecule has 0 aliphatic rings. The molecule has 1 N–H and O–H groups in total. The van der Waals surface area contributed by atoms with E-state index in [-0.39, 0.29) is 11.1 Å².